The number of amides is 1. The molecule has 126 valence electrons. The number of benzene rings is 2. The van der Waals surface area contributed by atoms with Crippen molar-refractivity contribution in [1.29, 1.82) is 0 Å². The molecule has 2 aromatic carbocycles. The number of hydrogen-bond donors (Lipinski definition) is 1. The minimum absolute atomic E-state index is 0.0329. The Morgan fingerprint density at radius 3 is 2.58 bits per heavy atom. The van der Waals surface area contributed by atoms with E-state index >= 15 is 0 Å². The second-order valence-corrected chi connectivity index (χ2v) is 7.75. The Morgan fingerprint density at radius 2 is 1.83 bits per heavy atom. The van der Waals surface area contributed by atoms with Crippen LogP contribution in [0.15, 0.2) is 51.8 Å². The normalized spacial score (nSPS) is 14.6. The summed E-state index contributed by atoms with van der Waals surface area (Å²) in [5.74, 6) is 1.48. The van der Waals surface area contributed by atoms with E-state index in [2.05, 4.69) is 21.2 Å². The third-order valence-corrected chi connectivity index (χ3v) is 5.14. The maximum Gasteiger partial charge on any atom is 0.237 e. The number of ether oxygens (including phenoxy) is 2. The highest BCUT2D eigenvalue weighted by Gasteiger charge is 2.17. The van der Waals surface area contributed by atoms with Gasteiger partial charge in [-0.3, -0.25) is 4.79 Å². The first-order chi connectivity index (χ1) is 11.6. The van der Waals surface area contributed by atoms with Crippen molar-refractivity contribution in [3.05, 3.63) is 46.9 Å². The lowest BCUT2D eigenvalue weighted by Crippen LogP contribution is -2.22. The molecule has 2 aromatic rings. The van der Waals surface area contributed by atoms with Crippen molar-refractivity contribution in [2.75, 3.05) is 18.5 Å². The van der Waals surface area contributed by atoms with Gasteiger partial charge in [0.25, 0.3) is 0 Å². The number of carbonyl (C=O) groups is 1. The van der Waals surface area contributed by atoms with Crippen molar-refractivity contribution in [3.63, 3.8) is 0 Å². The maximum absolute atomic E-state index is 12.3. The number of thioether (sulfide) groups is 1. The van der Waals surface area contributed by atoms with E-state index in [1.807, 2.05) is 49.4 Å². The summed E-state index contributed by atoms with van der Waals surface area (Å²) in [4.78, 5) is 13.3. The summed E-state index contributed by atoms with van der Waals surface area (Å²) in [6, 6.07) is 13.3. The average molecular weight is 408 g/mol. The van der Waals surface area contributed by atoms with E-state index in [0.29, 0.717) is 13.2 Å². The summed E-state index contributed by atoms with van der Waals surface area (Å²) < 4.78 is 12.3. The molecule has 1 heterocycles. The van der Waals surface area contributed by atoms with Gasteiger partial charge < -0.3 is 14.8 Å². The minimum atomic E-state index is -0.224. The molecule has 0 unspecified atom stereocenters. The van der Waals surface area contributed by atoms with Crippen LogP contribution in [0, 0.1) is 0 Å². The summed E-state index contributed by atoms with van der Waals surface area (Å²) in [6.07, 6.45) is 0.878. The van der Waals surface area contributed by atoms with Crippen molar-refractivity contribution in [2.24, 2.45) is 0 Å². The van der Waals surface area contributed by atoms with Crippen LogP contribution < -0.4 is 14.8 Å². The smallest absolute Gasteiger partial charge is 0.237 e. The van der Waals surface area contributed by atoms with Gasteiger partial charge in [0.05, 0.1) is 18.5 Å². The number of fused-ring (bicyclic) bond motifs is 1. The Bertz CT molecular complexity index is 721. The number of anilines is 1. The van der Waals surface area contributed by atoms with Crippen LogP contribution in [0.5, 0.6) is 11.5 Å². The predicted octanol–water partition coefficient (Wildman–Crippen LogP) is 4.73. The fourth-order valence-corrected chi connectivity index (χ4v) is 3.41. The van der Waals surface area contributed by atoms with Crippen molar-refractivity contribution in [3.8, 4) is 11.5 Å². The first kappa shape index (κ1) is 17.2. The van der Waals surface area contributed by atoms with Gasteiger partial charge in [-0.05, 0) is 49.4 Å². The standard InChI is InChI=1S/C18H18BrNO3S/c1-12(18(21)20-14-5-3-13(19)4-6-14)24-15-7-8-16-17(11-15)23-10-2-9-22-16/h3-8,11-12H,2,9-10H2,1H3,(H,20,21)/t12-/m0/s1. The second-order valence-electron chi connectivity index (χ2n) is 5.42. The number of rotatable bonds is 4. The van der Waals surface area contributed by atoms with Crippen molar-refractivity contribution < 1.29 is 14.3 Å². The van der Waals surface area contributed by atoms with Crippen LogP contribution in [-0.2, 0) is 4.79 Å². The van der Waals surface area contributed by atoms with E-state index in [9.17, 15) is 4.79 Å². The third kappa shape index (κ3) is 4.45. The molecule has 1 N–H and O–H groups in total. The van der Waals surface area contributed by atoms with Crippen molar-refractivity contribution in [1.82, 2.24) is 0 Å². The Morgan fingerprint density at radius 1 is 1.12 bits per heavy atom. The van der Waals surface area contributed by atoms with Crippen LogP contribution in [0.25, 0.3) is 0 Å². The van der Waals surface area contributed by atoms with Gasteiger partial charge in [-0.1, -0.05) is 15.9 Å². The van der Waals surface area contributed by atoms with Gasteiger partial charge in [-0.15, -0.1) is 11.8 Å². The lowest BCUT2D eigenvalue weighted by molar-refractivity contribution is -0.115. The van der Waals surface area contributed by atoms with Gasteiger partial charge in [0.15, 0.2) is 11.5 Å². The Hall–Kier alpha value is -1.66. The Balaban J connectivity index is 1.63. The second kappa shape index (κ2) is 7.94. The molecule has 4 nitrogen and oxygen atoms in total. The molecule has 1 amide bonds. The summed E-state index contributed by atoms with van der Waals surface area (Å²) in [6.45, 7) is 3.22. The monoisotopic (exact) mass is 407 g/mol. The summed E-state index contributed by atoms with van der Waals surface area (Å²) in [5.41, 5.74) is 0.786. The Kier molecular flexibility index (Phi) is 5.68. The molecule has 1 aliphatic rings. The lowest BCUT2D eigenvalue weighted by atomic mass is 10.3. The van der Waals surface area contributed by atoms with E-state index in [1.54, 1.807) is 0 Å². The third-order valence-electron chi connectivity index (χ3n) is 3.51. The summed E-state index contributed by atoms with van der Waals surface area (Å²) in [7, 11) is 0. The number of halogens is 1. The van der Waals surface area contributed by atoms with E-state index in [0.717, 1.165) is 33.0 Å². The summed E-state index contributed by atoms with van der Waals surface area (Å²) in [5, 5.41) is 2.70. The predicted molar refractivity (Wildman–Crippen MR) is 100 cm³/mol. The van der Waals surface area contributed by atoms with Crippen LogP contribution in [0.1, 0.15) is 13.3 Å². The van der Waals surface area contributed by atoms with Gasteiger partial charge in [0.2, 0.25) is 5.91 Å². The molecule has 6 heteroatoms. The molecule has 24 heavy (non-hydrogen) atoms. The van der Waals surface area contributed by atoms with Gasteiger partial charge >= 0.3 is 0 Å². The van der Waals surface area contributed by atoms with E-state index in [4.69, 9.17) is 9.47 Å². The van der Waals surface area contributed by atoms with E-state index < -0.39 is 0 Å². The molecule has 0 spiro atoms. The zero-order valence-corrected chi connectivity index (χ0v) is 15.7. The maximum atomic E-state index is 12.3. The van der Waals surface area contributed by atoms with Gasteiger partial charge in [0, 0.05) is 21.5 Å². The van der Waals surface area contributed by atoms with Crippen LogP contribution in [-0.4, -0.2) is 24.4 Å². The van der Waals surface area contributed by atoms with Crippen LogP contribution >= 0.6 is 27.7 Å². The molecule has 1 aliphatic heterocycles. The first-order valence-electron chi connectivity index (χ1n) is 7.74. The highest BCUT2D eigenvalue weighted by atomic mass is 79.9. The van der Waals surface area contributed by atoms with Crippen LogP contribution in [0.2, 0.25) is 0 Å². The molecular weight excluding hydrogens is 390 g/mol. The Labute approximate surface area is 154 Å². The molecule has 0 saturated heterocycles. The SMILES string of the molecule is C[C@H](Sc1ccc2c(c1)OCCCO2)C(=O)Nc1ccc(Br)cc1. The van der Waals surface area contributed by atoms with Gasteiger partial charge in [0.1, 0.15) is 0 Å². The number of nitrogens with one attached hydrogen (secondary N) is 1. The lowest BCUT2D eigenvalue weighted by Gasteiger charge is -2.14. The molecule has 1 atom stereocenters. The molecule has 0 fully saturated rings. The highest BCUT2D eigenvalue weighted by Crippen LogP contribution is 2.35. The topological polar surface area (TPSA) is 47.6 Å². The molecule has 0 aliphatic carbocycles. The van der Waals surface area contributed by atoms with E-state index in [-0.39, 0.29) is 11.2 Å². The van der Waals surface area contributed by atoms with Crippen LogP contribution in [0.4, 0.5) is 5.69 Å². The van der Waals surface area contributed by atoms with E-state index in [1.165, 1.54) is 11.8 Å². The molecule has 3 rings (SSSR count). The fraction of sp³-hybridized carbons (Fsp3) is 0.278. The zero-order valence-electron chi connectivity index (χ0n) is 13.3. The van der Waals surface area contributed by atoms with Gasteiger partial charge in [-0.25, -0.2) is 0 Å². The zero-order chi connectivity index (χ0) is 16.9. The molecular formula is C18H18BrNO3S. The van der Waals surface area contributed by atoms with Crippen molar-refractivity contribution in [2.45, 2.75) is 23.5 Å². The fourth-order valence-electron chi connectivity index (χ4n) is 2.25. The average Bonchev–Trinajstić information content (AvgIpc) is 2.81. The van der Waals surface area contributed by atoms with Crippen molar-refractivity contribution >= 4 is 39.3 Å². The highest BCUT2D eigenvalue weighted by molar-refractivity contribution is 9.10. The molecule has 0 bridgehead atoms. The van der Waals surface area contributed by atoms with Crippen LogP contribution in [0.3, 0.4) is 0 Å². The minimum Gasteiger partial charge on any atom is -0.490 e. The summed E-state index contributed by atoms with van der Waals surface area (Å²) >= 11 is 4.88. The van der Waals surface area contributed by atoms with Gasteiger partial charge in [-0.2, -0.15) is 0 Å². The number of hydrogen-bond acceptors (Lipinski definition) is 4. The molecule has 0 saturated carbocycles. The first-order valence-corrected chi connectivity index (χ1v) is 9.42. The number of carbonyl (C=O) groups excluding carboxylic acids is 1. The quantitative estimate of drug-likeness (QED) is 0.744. The largest absolute Gasteiger partial charge is 0.490 e. The molecule has 0 radical (unpaired) electrons. The molecule has 0 aromatic heterocycles.